The molecule has 2 atom stereocenters. The second-order valence-corrected chi connectivity index (χ2v) is 8.53. The lowest BCUT2D eigenvalue weighted by atomic mass is 10.2. The molecule has 0 saturated carbocycles. The van der Waals surface area contributed by atoms with E-state index in [2.05, 4.69) is 12.1 Å². The molecule has 1 N–H and O–H groups in total. The van der Waals surface area contributed by atoms with Gasteiger partial charge in [-0.2, -0.15) is 0 Å². The number of rotatable bonds is 4. The average molecular weight is 373 g/mol. The van der Waals surface area contributed by atoms with Crippen molar-refractivity contribution in [3.63, 3.8) is 0 Å². The molecule has 26 heavy (non-hydrogen) atoms. The molecule has 2 aromatic rings. The molecule has 0 radical (unpaired) electrons. The first kappa shape index (κ1) is 17.2. The molecule has 0 aromatic heterocycles. The monoisotopic (exact) mass is 373 g/mol. The van der Waals surface area contributed by atoms with E-state index in [1.165, 1.54) is 16.5 Å². The van der Waals surface area contributed by atoms with Crippen LogP contribution in [0.3, 0.4) is 0 Å². The van der Waals surface area contributed by atoms with Crippen molar-refractivity contribution in [1.29, 1.82) is 0 Å². The van der Waals surface area contributed by atoms with Crippen molar-refractivity contribution >= 4 is 15.9 Å². The van der Waals surface area contributed by atoms with Crippen molar-refractivity contribution < 1.29 is 22.8 Å². The Morgan fingerprint density at radius 3 is 2.58 bits per heavy atom. The quantitative estimate of drug-likeness (QED) is 0.838. The molecule has 6 nitrogen and oxygen atoms in total. The molecule has 2 aromatic carbocycles. The molecule has 2 aliphatic heterocycles. The highest BCUT2D eigenvalue weighted by molar-refractivity contribution is 7.90. The van der Waals surface area contributed by atoms with Gasteiger partial charge in [-0.3, -0.25) is 4.79 Å². The molecular formula is C19H21N2O4S+. The van der Waals surface area contributed by atoms with Crippen molar-refractivity contribution in [3.05, 3.63) is 65.7 Å². The Bertz CT molecular complexity index is 914. The zero-order valence-corrected chi connectivity index (χ0v) is 15.1. The summed E-state index contributed by atoms with van der Waals surface area (Å²) in [5.74, 6) is -0.459. The molecule has 7 heteroatoms. The maximum Gasteiger partial charge on any atom is 0.269 e. The molecular weight excluding hydrogens is 352 g/mol. The first-order valence-corrected chi connectivity index (χ1v) is 10.1. The number of nitrogens with one attached hydrogen (secondary N) is 1. The molecule has 1 saturated heterocycles. The molecule has 0 bridgehead atoms. The number of nitrogens with zero attached hydrogens (tertiary/aromatic N) is 1. The Balaban J connectivity index is 1.47. The fraction of sp³-hybridized carbons (Fsp3) is 0.316. The molecule has 4 rings (SSSR count). The van der Waals surface area contributed by atoms with Crippen LogP contribution in [0, 0.1) is 0 Å². The van der Waals surface area contributed by atoms with E-state index in [1.807, 2.05) is 18.2 Å². The molecule has 1 unspecified atom stereocenters. The normalized spacial score (nSPS) is 24.5. The minimum Gasteiger partial charge on any atom is -0.365 e. The van der Waals surface area contributed by atoms with Crippen LogP contribution in [0.5, 0.6) is 0 Å². The predicted octanol–water partition coefficient (Wildman–Crippen LogP) is 0.315. The number of hydrogen-bond donors (Lipinski definition) is 1. The van der Waals surface area contributed by atoms with Crippen molar-refractivity contribution in [2.24, 2.45) is 0 Å². The van der Waals surface area contributed by atoms with Gasteiger partial charge in [0, 0.05) is 5.56 Å². The zero-order valence-electron chi connectivity index (χ0n) is 14.3. The van der Waals surface area contributed by atoms with Gasteiger partial charge in [0.25, 0.3) is 15.9 Å². The highest BCUT2D eigenvalue weighted by atomic mass is 32.2. The minimum atomic E-state index is -3.78. The van der Waals surface area contributed by atoms with Crippen LogP contribution >= 0.6 is 0 Å². The summed E-state index contributed by atoms with van der Waals surface area (Å²) >= 11 is 0. The number of hydrogen-bond acceptors (Lipinski definition) is 4. The number of carbonyl (C=O) groups is 1. The molecule has 1 amide bonds. The molecule has 2 aliphatic rings. The Hall–Kier alpha value is -2.22. The predicted molar refractivity (Wildman–Crippen MR) is 95.2 cm³/mol. The number of benzene rings is 2. The van der Waals surface area contributed by atoms with E-state index in [0.717, 1.165) is 17.4 Å². The first-order valence-electron chi connectivity index (χ1n) is 8.71. The van der Waals surface area contributed by atoms with Crippen LogP contribution in [0.15, 0.2) is 59.5 Å². The number of quaternary nitrogens is 1. The largest absolute Gasteiger partial charge is 0.365 e. The topological polar surface area (TPSA) is 68.1 Å². The second-order valence-electron chi connectivity index (χ2n) is 6.70. The molecule has 2 heterocycles. The lowest BCUT2D eigenvalue weighted by molar-refractivity contribution is -0.925. The first-order chi connectivity index (χ1) is 12.6. The maximum atomic E-state index is 12.7. The summed E-state index contributed by atoms with van der Waals surface area (Å²) in [7, 11) is -3.78. The Kier molecular flexibility index (Phi) is 4.52. The number of ether oxygens (including phenoxy) is 1. The third kappa shape index (κ3) is 3.13. The number of sulfonamides is 1. The summed E-state index contributed by atoms with van der Waals surface area (Å²) in [6.07, 6.45) is -0.296. The van der Waals surface area contributed by atoms with Crippen LogP contribution in [0.1, 0.15) is 15.9 Å². The third-order valence-corrected chi connectivity index (χ3v) is 6.71. The van der Waals surface area contributed by atoms with E-state index in [4.69, 9.17) is 4.74 Å². The summed E-state index contributed by atoms with van der Waals surface area (Å²) in [4.78, 5) is 14.0. The molecule has 1 fully saturated rings. The Morgan fingerprint density at radius 1 is 1.08 bits per heavy atom. The van der Waals surface area contributed by atoms with Gasteiger partial charge in [0.1, 0.15) is 30.6 Å². The number of morpholine rings is 1. The summed E-state index contributed by atoms with van der Waals surface area (Å²) in [6, 6.07) is 16.5. The van der Waals surface area contributed by atoms with E-state index in [0.29, 0.717) is 13.2 Å². The van der Waals surface area contributed by atoms with Crippen LogP contribution < -0.4 is 4.90 Å². The standard InChI is InChI=1S/C19H20N2O4S/c22-19-17-8-4-5-9-18(17)26(23,24)21(19)14-16-13-20(10-11-25-16)12-15-6-2-1-3-7-15/h1-9,16H,10-14H2/p+1/t16-/m0/s1. The lowest BCUT2D eigenvalue weighted by Crippen LogP contribution is -3.13. The zero-order chi connectivity index (χ0) is 18.1. The number of amides is 1. The Labute approximate surface area is 153 Å². The van der Waals surface area contributed by atoms with Gasteiger partial charge in [-0.15, -0.1) is 0 Å². The SMILES string of the molecule is O=C1c2ccccc2S(=O)(=O)N1C[C@@H]1C[NH+](Cc2ccccc2)CCO1. The van der Waals surface area contributed by atoms with Gasteiger partial charge in [-0.25, -0.2) is 12.7 Å². The minimum absolute atomic E-state index is 0.0636. The molecule has 0 aliphatic carbocycles. The highest BCUT2D eigenvalue weighted by Crippen LogP contribution is 2.30. The van der Waals surface area contributed by atoms with Gasteiger partial charge in [0.2, 0.25) is 0 Å². The van der Waals surface area contributed by atoms with Gasteiger partial charge in [-0.1, -0.05) is 42.5 Å². The fourth-order valence-corrected chi connectivity index (χ4v) is 5.21. The van der Waals surface area contributed by atoms with Crippen molar-refractivity contribution in [3.8, 4) is 0 Å². The van der Waals surface area contributed by atoms with Crippen LogP contribution in [-0.4, -0.2) is 51.0 Å². The van der Waals surface area contributed by atoms with Gasteiger partial charge in [0.05, 0.1) is 18.7 Å². The summed E-state index contributed by atoms with van der Waals surface area (Å²) < 4.78 is 32.1. The van der Waals surface area contributed by atoms with Gasteiger partial charge < -0.3 is 9.64 Å². The molecule has 0 spiro atoms. The van der Waals surface area contributed by atoms with Crippen molar-refractivity contribution in [1.82, 2.24) is 4.31 Å². The summed E-state index contributed by atoms with van der Waals surface area (Å²) in [5.41, 5.74) is 1.48. The van der Waals surface area contributed by atoms with Gasteiger partial charge in [0.15, 0.2) is 0 Å². The number of fused-ring (bicyclic) bond motifs is 1. The average Bonchev–Trinajstić information content (AvgIpc) is 2.84. The fourth-order valence-electron chi connectivity index (χ4n) is 3.61. The van der Waals surface area contributed by atoms with E-state index >= 15 is 0 Å². The lowest BCUT2D eigenvalue weighted by Gasteiger charge is -2.32. The van der Waals surface area contributed by atoms with Crippen LogP contribution in [0.2, 0.25) is 0 Å². The smallest absolute Gasteiger partial charge is 0.269 e. The van der Waals surface area contributed by atoms with Crippen LogP contribution in [0.25, 0.3) is 0 Å². The van der Waals surface area contributed by atoms with Crippen molar-refractivity contribution in [2.75, 3.05) is 26.2 Å². The molecule has 136 valence electrons. The van der Waals surface area contributed by atoms with Gasteiger partial charge in [-0.05, 0) is 12.1 Å². The van der Waals surface area contributed by atoms with E-state index in [1.54, 1.807) is 18.2 Å². The number of carbonyl (C=O) groups excluding carboxylic acids is 1. The Morgan fingerprint density at radius 2 is 1.81 bits per heavy atom. The maximum absolute atomic E-state index is 12.7. The highest BCUT2D eigenvalue weighted by Gasteiger charge is 2.42. The van der Waals surface area contributed by atoms with Crippen molar-refractivity contribution in [2.45, 2.75) is 17.5 Å². The van der Waals surface area contributed by atoms with Crippen LogP contribution in [0.4, 0.5) is 0 Å². The second kappa shape index (κ2) is 6.83. The van der Waals surface area contributed by atoms with E-state index in [9.17, 15) is 13.2 Å². The van der Waals surface area contributed by atoms with E-state index in [-0.39, 0.29) is 23.1 Å². The van der Waals surface area contributed by atoms with Crippen LogP contribution in [-0.2, 0) is 21.3 Å². The summed E-state index contributed by atoms with van der Waals surface area (Å²) in [5, 5.41) is 0. The third-order valence-electron chi connectivity index (χ3n) is 4.90. The summed E-state index contributed by atoms with van der Waals surface area (Å²) in [6.45, 7) is 3.02. The van der Waals surface area contributed by atoms with E-state index < -0.39 is 15.9 Å². The van der Waals surface area contributed by atoms with Gasteiger partial charge >= 0.3 is 0 Å².